The van der Waals surface area contributed by atoms with E-state index in [9.17, 15) is 9.59 Å². The predicted molar refractivity (Wildman–Crippen MR) is 123 cm³/mol. The monoisotopic (exact) mass is 441 g/mol. The highest BCUT2D eigenvalue weighted by molar-refractivity contribution is 6.06. The van der Waals surface area contributed by atoms with Gasteiger partial charge in [0.1, 0.15) is 5.67 Å². The minimum Gasteiger partial charge on any atom is -0.344 e. The van der Waals surface area contributed by atoms with Gasteiger partial charge in [-0.15, -0.1) is 0 Å². The summed E-state index contributed by atoms with van der Waals surface area (Å²) in [5.74, 6) is -0.222. The Hall–Kier alpha value is -2.45. The molecule has 1 aromatic heterocycles. The van der Waals surface area contributed by atoms with Crippen molar-refractivity contribution in [2.45, 2.75) is 50.7 Å². The number of carbonyl (C=O) groups excluding carboxylic acids is 2. The van der Waals surface area contributed by atoms with E-state index in [1.165, 1.54) is 11.1 Å². The molecule has 0 aliphatic carbocycles. The fraction of sp³-hybridized carbons (Fsp3) is 0.583. The maximum atomic E-state index is 15.1. The molecular formula is C24H32FN5O2. The molecule has 0 radical (unpaired) electrons. The molecule has 3 amide bonds. The van der Waals surface area contributed by atoms with Crippen LogP contribution >= 0.6 is 0 Å². The summed E-state index contributed by atoms with van der Waals surface area (Å²) < 4.78 is 17.5. The lowest BCUT2D eigenvalue weighted by Crippen LogP contribution is -2.49. The molecule has 2 aromatic rings. The minimum atomic E-state index is -1.05. The molecular weight excluding hydrogens is 409 g/mol. The van der Waals surface area contributed by atoms with Gasteiger partial charge in [-0.25, -0.2) is 9.18 Å². The number of aryl methyl sites for hydroxylation is 1. The van der Waals surface area contributed by atoms with E-state index in [1.807, 2.05) is 6.07 Å². The first-order chi connectivity index (χ1) is 15.4. The Bertz CT molecular complexity index is 1020. The van der Waals surface area contributed by atoms with E-state index in [-0.39, 0.29) is 11.9 Å². The number of piperidine rings is 2. The van der Waals surface area contributed by atoms with E-state index in [0.29, 0.717) is 38.4 Å². The summed E-state index contributed by atoms with van der Waals surface area (Å²) in [7, 11) is 0. The molecule has 7 nitrogen and oxygen atoms in total. The summed E-state index contributed by atoms with van der Waals surface area (Å²) in [6.45, 7) is 6.45. The number of rotatable bonds is 4. The van der Waals surface area contributed by atoms with Crippen LogP contribution in [0.2, 0.25) is 0 Å². The Labute approximate surface area is 187 Å². The topological polar surface area (TPSA) is 69.6 Å². The Morgan fingerprint density at radius 3 is 2.59 bits per heavy atom. The number of alkyl halides is 1. The Morgan fingerprint density at radius 2 is 1.88 bits per heavy atom. The van der Waals surface area contributed by atoms with Gasteiger partial charge in [-0.05, 0) is 69.5 Å². The van der Waals surface area contributed by atoms with Gasteiger partial charge in [0.15, 0.2) is 0 Å². The zero-order chi connectivity index (χ0) is 22.3. The largest absolute Gasteiger partial charge is 0.344 e. The molecule has 32 heavy (non-hydrogen) atoms. The van der Waals surface area contributed by atoms with E-state index in [0.717, 1.165) is 50.1 Å². The molecule has 172 valence electrons. The number of aromatic nitrogens is 1. The number of urea groups is 1. The summed E-state index contributed by atoms with van der Waals surface area (Å²) in [5.41, 5.74) is 2.11. The molecule has 3 fully saturated rings. The number of carbonyl (C=O) groups is 2. The predicted octanol–water partition coefficient (Wildman–Crippen LogP) is 3.12. The van der Waals surface area contributed by atoms with E-state index in [4.69, 9.17) is 0 Å². The van der Waals surface area contributed by atoms with Gasteiger partial charge in [-0.1, -0.05) is 0 Å². The number of hydrogen-bond acceptors (Lipinski definition) is 4. The van der Waals surface area contributed by atoms with Crippen molar-refractivity contribution < 1.29 is 14.0 Å². The molecule has 2 N–H and O–H groups in total. The second-order valence-electron chi connectivity index (χ2n) is 9.58. The molecule has 0 saturated carbocycles. The third kappa shape index (κ3) is 4.13. The van der Waals surface area contributed by atoms with Crippen LogP contribution in [0.15, 0.2) is 24.4 Å². The molecule has 0 atom stereocenters. The molecule has 4 heterocycles. The number of anilines is 1. The normalized spacial score (nSPS) is 23.0. The van der Waals surface area contributed by atoms with E-state index in [2.05, 4.69) is 45.4 Å². The van der Waals surface area contributed by atoms with Crippen LogP contribution in [-0.4, -0.2) is 66.3 Å². The van der Waals surface area contributed by atoms with Gasteiger partial charge in [-0.2, -0.15) is 0 Å². The van der Waals surface area contributed by atoms with Crippen molar-refractivity contribution in [3.05, 3.63) is 30.0 Å². The van der Waals surface area contributed by atoms with Gasteiger partial charge in [0.05, 0.1) is 0 Å². The maximum absolute atomic E-state index is 15.1. The third-order valence-electron chi connectivity index (χ3n) is 7.34. The summed E-state index contributed by atoms with van der Waals surface area (Å²) >= 11 is 0. The number of nitrogens with zero attached hydrogens (tertiary/aromatic N) is 3. The SMILES string of the molecule is Cc1cn(C2CCN(CC3(F)CCNCC3)CC2)c2ccc(N3CCC(=O)NC3=O)cc12. The van der Waals surface area contributed by atoms with Crippen molar-refractivity contribution in [2.75, 3.05) is 44.2 Å². The highest BCUT2D eigenvalue weighted by Crippen LogP contribution is 2.34. The van der Waals surface area contributed by atoms with Gasteiger partial charge in [0, 0.05) is 61.4 Å². The molecule has 0 spiro atoms. The molecule has 1 aromatic carbocycles. The number of hydrogen-bond donors (Lipinski definition) is 2. The number of fused-ring (bicyclic) bond motifs is 1. The second-order valence-corrected chi connectivity index (χ2v) is 9.58. The van der Waals surface area contributed by atoms with Crippen molar-refractivity contribution in [3.8, 4) is 0 Å². The molecule has 3 saturated heterocycles. The first-order valence-corrected chi connectivity index (χ1v) is 11.8. The van der Waals surface area contributed by atoms with E-state index in [1.54, 1.807) is 4.90 Å². The summed E-state index contributed by atoms with van der Waals surface area (Å²) in [4.78, 5) is 27.6. The zero-order valence-corrected chi connectivity index (χ0v) is 18.7. The van der Waals surface area contributed by atoms with Crippen molar-refractivity contribution in [1.29, 1.82) is 0 Å². The van der Waals surface area contributed by atoms with Crippen molar-refractivity contribution in [1.82, 2.24) is 20.1 Å². The lowest BCUT2D eigenvalue weighted by Gasteiger charge is -2.39. The fourth-order valence-electron chi connectivity index (χ4n) is 5.48. The summed E-state index contributed by atoms with van der Waals surface area (Å²) in [6.07, 6.45) is 5.77. The van der Waals surface area contributed by atoms with Crippen LogP contribution in [0.1, 0.15) is 43.7 Å². The molecule has 3 aliphatic heterocycles. The number of amides is 3. The Kier molecular flexibility index (Phi) is 5.67. The van der Waals surface area contributed by atoms with Crippen LogP contribution in [0, 0.1) is 6.92 Å². The highest BCUT2D eigenvalue weighted by Gasteiger charge is 2.35. The van der Waals surface area contributed by atoms with Crippen molar-refractivity contribution in [3.63, 3.8) is 0 Å². The van der Waals surface area contributed by atoms with Crippen molar-refractivity contribution in [2.24, 2.45) is 0 Å². The standard InChI is InChI=1S/C24H32FN5O2/c1-17-15-30(18-4-11-28(12-5-18)16-24(25)7-9-26-10-8-24)21-3-2-19(14-20(17)21)29-13-6-22(31)27-23(29)32/h2-3,14-15,18,26H,4-13,16H2,1H3,(H,27,31,32). The van der Waals surface area contributed by atoms with Crippen LogP contribution in [-0.2, 0) is 4.79 Å². The van der Waals surface area contributed by atoms with E-state index < -0.39 is 5.67 Å². The Balaban J connectivity index is 1.29. The first-order valence-electron chi connectivity index (χ1n) is 11.8. The number of nitrogens with one attached hydrogen (secondary N) is 2. The number of imide groups is 1. The lowest BCUT2D eigenvalue weighted by atomic mass is 9.92. The average molecular weight is 442 g/mol. The van der Waals surface area contributed by atoms with Gasteiger partial charge in [0.2, 0.25) is 5.91 Å². The van der Waals surface area contributed by atoms with Gasteiger partial charge < -0.3 is 14.8 Å². The maximum Gasteiger partial charge on any atom is 0.328 e. The average Bonchev–Trinajstić information content (AvgIpc) is 3.10. The molecule has 0 bridgehead atoms. The van der Waals surface area contributed by atoms with E-state index >= 15 is 4.39 Å². The number of benzene rings is 1. The minimum absolute atomic E-state index is 0.222. The van der Waals surface area contributed by atoms with Crippen LogP contribution in [0.5, 0.6) is 0 Å². The summed E-state index contributed by atoms with van der Waals surface area (Å²) in [5, 5.41) is 6.78. The molecule has 5 rings (SSSR count). The fourth-order valence-corrected chi connectivity index (χ4v) is 5.48. The smallest absolute Gasteiger partial charge is 0.328 e. The zero-order valence-electron chi connectivity index (χ0n) is 18.7. The summed E-state index contributed by atoms with van der Waals surface area (Å²) in [6, 6.07) is 6.14. The number of halogens is 1. The van der Waals surface area contributed by atoms with Gasteiger partial charge in [0.25, 0.3) is 0 Å². The quantitative estimate of drug-likeness (QED) is 0.765. The molecule has 3 aliphatic rings. The number of likely N-dealkylation sites (tertiary alicyclic amines) is 1. The highest BCUT2D eigenvalue weighted by atomic mass is 19.1. The van der Waals surface area contributed by atoms with Crippen molar-refractivity contribution >= 4 is 28.5 Å². The first kappa shape index (κ1) is 21.4. The third-order valence-corrected chi connectivity index (χ3v) is 7.34. The second kappa shape index (κ2) is 8.48. The van der Waals surface area contributed by atoms with Crippen LogP contribution in [0.25, 0.3) is 10.9 Å². The van der Waals surface area contributed by atoms with Crippen LogP contribution < -0.4 is 15.5 Å². The lowest BCUT2D eigenvalue weighted by molar-refractivity contribution is -0.120. The molecule has 0 unspecified atom stereocenters. The van der Waals surface area contributed by atoms with Crippen LogP contribution in [0.3, 0.4) is 0 Å². The Morgan fingerprint density at radius 1 is 1.12 bits per heavy atom. The van der Waals surface area contributed by atoms with Crippen LogP contribution in [0.4, 0.5) is 14.9 Å². The van der Waals surface area contributed by atoms with Gasteiger partial charge in [-0.3, -0.25) is 15.0 Å². The molecule has 8 heteroatoms. The van der Waals surface area contributed by atoms with Gasteiger partial charge >= 0.3 is 6.03 Å².